The highest BCUT2D eigenvalue weighted by atomic mass is 16.5. The van der Waals surface area contributed by atoms with Gasteiger partial charge in [0.05, 0.1) is 30.7 Å². The number of aliphatic hydroxyl groups is 1. The molecule has 0 aliphatic heterocycles. The van der Waals surface area contributed by atoms with Gasteiger partial charge in [0.2, 0.25) is 5.88 Å². The largest absolute Gasteiger partial charge is 0.481 e. The molecule has 1 aromatic heterocycles. The van der Waals surface area contributed by atoms with Gasteiger partial charge in [-0.25, -0.2) is 4.68 Å². The van der Waals surface area contributed by atoms with Gasteiger partial charge in [-0.3, -0.25) is 0 Å². The number of methoxy groups -OCH3 is 1. The minimum atomic E-state index is -0.153. The van der Waals surface area contributed by atoms with E-state index in [-0.39, 0.29) is 12.0 Å². The van der Waals surface area contributed by atoms with Crippen molar-refractivity contribution in [3.05, 3.63) is 41.1 Å². The Morgan fingerprint density at radius 2 is 1.90 bits per heavy atom. The molecule has 0 radical (unpaired) electrons. The Kier molecular flexibility index (Phi) is 3.86. The van der Waals surface area contributed by atoms with E-state index >= 15 is 0 Å². The summed E-state index contributed by atoms with van der Waals surface area (Å²) in [6.07, 6.45) is 0. The molecule has 1 heterocycles. The zero-order chi connectivity index (χ0) is 14.9. The predicted molar refractivity (Wildman–Crippen MR) is 79.5 cm³/mol. The van der Waals surface area contributed by atoms with E-state index in [0.29, 0.717) is 5.88 Å². The molecule has 4 heteroatoms. The molecule has 0 atom stereocenters. The summed E-state index contributed by atoms with van der Waals surface area (Å²) in [5, 5.41) is 14.4. The first-order chi connectivity index (χ1) is 9.40. The Morgan fingerprint density at radius 3 is 2.40 bits per heavy atom. The van der Waals surface area contributed by atoms with Gasteiger partial charge < -0.3 is 9.84 Å². The molecule has 4 nitrogen and oxygen atoms in total. The molecule has 0 saturated heterocycles. The molecule has 0 saturated carbocycles. The number of aryl methyl sites for hydroxylation is 1. The molecule has 0 aliphatic rings. The fourth-order valence-electron chi connectivity index (χ4n) is 2.35. The maximum absolute atomic E-state index is 9.69. The van der Waals surface area contributed by atoms with Gasteiger partial charge in [0, 0.05) is 5.41 Å². The molecule has 0 aliphatic carbocycles. The SMILES string of the molecule is COc1c(CO)c(C(C)(C)C)nn1-c1ccccc1C. The van der Waals surface area contributed by atoms with Crippen molar-refractivity contribution in [2.75, 3.05) is 7.11 Å². The van der Waals surface area contributed by atoms with Crippen LogP contribution in [0.3, 0.4) is 0 Å². The second kappa shape index (κ2) is 5.29. The van der Waals surface area contributed by atoms with Crippen molar-refractivity contribution in [3.8, 4) is 11.6 Å². The summed E-state index contributed by atoms with van der Waals surface area (Å²) >= 11 is 0. The van der Waals surface area contributed by atoms with E-state index in [1.165, 1.54) is 0 Å². The van der Waals surface area contributed by atoms with Crippen LogP contribution in [0.5, 0.6) is 5.88 Å². The zero-order valence-electron chi connectivity index (χ0n) is 12.8. The standard InChI is InChI=1S/C16H22N2O2/c1-11-8-6-7-9-13(11)18-15(20-5)12(10-19)14(17-18)16(2,3)4/h6-9,19H,10H2,1-5H3. The van der Waals surface area contributed by atoms with Gasteiger partial charge in [0.1, 0.15) is 0 Å². The van der Waals surface area contributed by atoms with Gasteiger partial charge in [-0.15, -0.1) is 0 Å². The first kappa shape index (κ1) is 14.6. The number of hydrogen-bond donors (Lipinski definition) is 1. The average Bonchev–Trinajstić information content (AvgIpc) is 2.77. The highest BCUT2D eigenvalue weighted by molar-refractivity contribution is 5.46. The third kappa shape index (κ3) is 2.43. The fraction of sp³-hybridized carbons (Fsp3) is 0.438. The molecular formula is C16H22N2O2. The highest BCUT2D eigenvalue weighted by Crippen LogP contribution is 2.33. The first-order valence-electron chi connectivity index (χ1n) is 6.73. The maximum Gasteiger partial charge on any atom is 0.222 e. The summed E-state index contributed by atoms with van der Waals surface area (Å²) in [5.74, 6) is 0.603. The number of benzene rings is 1. The van der Waals surface area contributed by atoms with Gasteiger partial charge in [-0.1, -0.05) is 39.0 Å². The fourth-order valence-corrected chi connectivity index (χ4v) is 2.35. The molecule has 108 valence electrons. The van der Waals surface area contributed by atoms with Crippen molar-refractivity contribution < 1.29 is 9.84 Å². The molecule has 1 aromatic carbocycles. The predicted octanol–water partition coefficient (Wildman–Crippen LogP) is 2.98. The maximum atomic E-state index is 9.69. The Balaban J connectivity index is 2.72. The molecule has 0 unspecified atom stereocenters. The third-order valence-electron chi connectivity index (χ3n) is 3.34. The lowest BCUT2D eigenvalue weighted by Crippen LogP contribution is -2.15. The van der Waals surface area contributed by atoms with Crippen molar-refractivity contribution in [3.63, 3.8) is 0 Å². The van der Waals surface area contributed by atoms with Crippen molar-refractivity contribution in [2.24, 2.45) is 0 Å². The molecule has 0 bridgehead atoms. The van der Waals surface area contributed by atoms with Crippen molar-refractivity contribution >= 4 is 0 Å². The molecule has 1 N–H and O–H groups in total. The van der Waals surface area contributed by atoms with Gasteiger partial charge >= 0.3 is 0 Å². The first-order valence-corrected chi connectivity index (χ1v) is 6.73. The van der Waals surface area contributed by atoms with E-state index in [9.17, 15) is 5.11 Å². The van der Waals surface area contributed by atoms with E-state index in [1.54, 1.807) is 11.8 Å². The van der Waals surface area contributed by atoms with Crippen LogP contribution in [0.4, 0.5) is 0 Å². The quantitative estimate of drug-likeness (QED) is 0.936. The highest BCUT2D eigenvalue weighted by Gasteiger charge is 2.27. The Bertz CT molecular complexity index is 609. The number of aromatic nitrogens is 2. The number of nitrogens with zero attached hydrogens (tertiary/aromatic N) is 2. The van der Waals surface area contributed by atoms with Crippen molar-refractivity contribution in [1.82, 2.24) is 9.78 Å². The lowest BCUT2D eigenvalue weighted by Gasteiger charge is -2.16. The van der Waals surface area contributed by atoms with Crippen LogP contribution in [0.15, 0.2) is 24.3 Å². The van der Waals surface area contributed by atoms with Crippen LogP contribution in [0.1, 0.15) is 37.6 Å². The average molecular weight is 274 g/mol. The van der Waals surface area contributed by atoms with Crippen LogP contribution >= 0.6 is 0 Å². The Labute approximate surface area is 120 Å². The van der Waals surface area contributed by atoms with Gasteiger partial charge in [0.15, 0.2) is 0 Å². The second-order valence-corrected chi connectivity index (χ2v) is 5.94. The summed E-state index contributed by atoms with van der Waals surface area (Å²) in [6, 6.07) is 8.00. The van der Waals surface area contributed by atoms with Crippen molar-refractivity contribution in [1.29, 1.82) is 0 Å². The summed E-state index contributed by atoms with van der Waals surface area (Å²) in [6.45, 7) is 8.19. The van der Waals surface area contributed by atoms with Crippen LogP contribution in [0, 0.1) is 6.92 Å². The molecule has 20 heavy (non-hydrogen) atoms. The second-order valence-electron chi connectivity index (χ2n) is 5.94. The normalized spacial score (nSPS) is 11.7. The summed E-state index contributed by atoms with van der Waals surface area (Å²) < 4.78 is 7.27. The van der Waals surface area contributed by atoms with E-state index in [2.05, 4.69) is 25.9 Å². The number of hydrogen-bond acceptors (Lipinski definition) is 3. The van der Waals surface area contributed by atoms with Gasteiger partial charge in [-0.05, 0) is 18.6 Å². The molecular weight excluding hydrogens is 252 g/mol. The number of para-hydroxylation sites is 1. The van der Waals surface area contributed by atoms with Crippen molar-refractivity contribution in [2.45, 2.75) is 39.7 Å². The molecule has 2 rings (SSSR count). The molecule has 2 aromatic rings. The van der Waals surface area contributed by atoms with Gasteiger partial charge in [0.25, 0.3) is 0 Å². The van der Waals surface area contributed by atoms with Crippen LogP contribution in [0.25, 0.3) is 5.69 Å². The molecule has 0 spiro atoms. The topological polar surface area (TPSA) is 47.3 Å². The zero-order valence-corrected chi connectivity index (χ0v) is 12.8. The minimum Gasteiger partial charge on any atom is -0.481 e. The number of ether oxygens (including phenoxy) is 1. The van der Waals surface area contributed by atoms with Crippen LogP contribution in [-0.2, 0) is 12.0 Å². The number of aliphatic hydroxyl groups excluding tert-OH is 1. The monoisotopic (exact) mass is 274 g/mol. The van der Waals surface area contributed by atoms with E-state index < -0.39 is 0 Å². The van der Waals surface area contributed by atoms with E-state index in [4.69, 9.17) is 4.74 Å². The number of rotatable bonds is 3. The van der Waals surface area contributed by atoms with E-state index in [0.717, 1.165) is 22.5 Å². The lowest BCUT2D eigenvalue weighted by atomic mass is 9.89. The molecule has 0 amide bonds. The Hall–Kier alpha value is -1.81. The third-order valence-corrected chi connectivity index (χ3v) is 3.34. The smallest absolute Gasteiger partial charge is 0.222 e. The summed E-state index contributed by atoms with van der Waals surface area (Å²) in [4.78, 5) is 0. The van der Waals surface area contributed by atoms with Gasteiger partial charge in [-0.2, -0.15) is 5.10 Å². The summed E-state index contributed by atoms with van der Waals surface area (Å²) in [7, 11) is 1.61. The molecule has 0 fully saturated rings. The lowest BCUT2D eigenvalue weighted by molar-refractivity contribution is 0.269. The van der Waals surface area contributed by atoms with Crippen LogP contribution in [0.2, 0.25) is 0 Å². The van der Waals surface area contributed by atoms with E-state index in [1.807, 2.05) is 31.2 Å². The minimum absolute atomic E-state index is 0.0817. The van der Waals surface area contributed by atoms with Crippen LogP contribution in [-0.4, -0.2) is 22.0 Å². The van der Waals surface area contributed by atoms with Crippen LogP contribution < -0.4 is 4.74 Å². The summed E-state index contributed by atoms with van der Waals surface area (Å²) in [5.41, 5.74) is 3.54. The Morgan fingerprint density at radius 1 is 1.25 bits per heavy atom.